The lowest BCUT2D eigenvalue weighted by molar-refractivity contribution is -0.154. The molecule has 0 saturated heterocycles. The lowest BCUT2D eigenvalue weighted by Gasteiger charge is -2.19. The molecule has 0 aliphatic carbocycles. The van der Waals surface area contributed by atoms with Gasteiger partial charge in [0, 0.05) is 6.20 Å². The van der Waals surface area contributed by atoms with Gasteiger partial charge in [-0.05, 0) is 12.5 Å². The van der Waals surface area contributed by atoms with E-state index in [-0.39, 0.29) is 13.0 Å². The van der Waals surface area contributed by atoms with Crippen LogP contribution in [0.3, 0.4) is 0 Å². The molecule has 0 aromatic carbocycles. The Morgan fingerprint density at radius 3 is 2.76 bits per heavy atom. The molecule has 1 rings (SSSR count). The molecule has 1 heterocycles. The van der Waals surface area contributed by atoms with E-state index >= 15 is 0 Å². The van der Waals surface area contributed by atoms with E-state index in [9.17, 15) is 28.0 Å². The van der Waals surface area contributed by atoms with Crippen molar-refractivity contribution in [3.63, 3.8) is 0 Å². The van der Waals surface area contributed by atoms with Gasteiger partial charge in [-0.25, -0.2) is 15.0 Å². The van der Waals surface area contributed by atoms with Crippen LogP contribution in [0.5, 0.6) is 0 Å². The zero-order valence-electron chi connectivity index (χ0n) is 13.6. The summed E-state index contributed by atoms with van der Waals surface area (Å²) in [5, 5.41) is 9.60. The standard InChI is InChI=1S/C14H20F3N5O3/c1-2-3-4-5-10(8-22(25)9-23)12(24)20-21-13-18-7-6-11(19-13)14(15,16)17/h6-7,9-10,25H,2-5,8H2,1H3,(H,20,24)(H,18,19,21). The maximum absolute atomic E-state index is 12.6. The molecule has 1 aromatic rings. The molecule has 8 nitrogen and oxygen atoms in total. The smallest absolute Gasteiger partial charge is 0.286 e. The minimum absolute atomic E-state index is 0.170. The highest BCUT2D eigenvalue weighted by Crippen LogP contribution is 2.27. The number of hydroxylamine groups is 2. The summed E-state index contributed by atoms with van der Waals surface area (Å²) in [6.45, 7) is 1.75. The van der Waals surface area contributed by atoms with Crippen LogP contribution < -0.4 is 10.9 Å². The number of unbranched alkanes of at least 4 members (excludes halogenated alkanes) is 2. The summed E-state index contributed by atoms with van der Waals surface area (Å²) >= 11 is 0. The number of hydrogen-bond donors (Lipinski definition) is 3. The number of hydrogen-bond acceptors (Lipinski definition) is 6. The molecule has 0 aliphatic heterocycles. The average Bonchev–Trinajstić information content (AvgIpc) is 2.58. The van der Waals surface area contributed by atoms with Crippen LogP contribution in [-0.4, -0.2) is 39.1 Å². The highest BCUT2D eigenvalue weighted by atomic mass is 19.4. The minimum atomic E-state index is -4.63. The monoisotopic (exact) mass is 363 g/mol. The number of nitrogens with zero attached hydrogens (tertiary/aromatic N) is 3. The molecule has 1 aromatic heterocycles. The third kappa shape index (κ3) is 7.33. The number of halogens is 3. The Hall–Kier alpha value is -2.43. The average molecular weight is 363 g/mol. The highest BCUT2D eigenvalue weighted by Gasteiger charge is 2.32. The second-order valence-corrected chi connectivity index (χ2v) is 5.30. The van der Waals surface area contributed by atoms with Crippen molar-refractivity contribution in [2.45, 2.75) is 38.8 Å². The third-order valence-corrected chi connectivity index (χ3v) is 3.30. The van der Waals surface area contributed by atoms with Crippen LogP contribution in [0.25, 0.3) is 0 Å². The van der Waals surface area contributed by atoms with Crippen LogP contribution >= 0.6 is 0 Å². The van der Waals surface area contributed by atoms with Crippen LogP contribution in [0.4, 0.5) is 19.1 Å². The Balaban J connectivity index is 2.68. The van der Waals surface area contributed by atoms with E-state index in [1.165, 1.54) is 0 Å². The zero-order chi connectivity index (χ0) is 18.9. The Kier molecular flexibility index (Phi) is 8.05. The van der Waals surface area contributed by atoms with Gasteiger partial charge >= 0.3 is 6.18 Å². The summed E-state index contributed by atoms with van der Waals surface area (Å²) in [6, 6.07) is 0.703. The van der Waals surface area contributed by atoms with Crippen molar-refractivity contribution in [3.05, 3.63) is 18.0 Å². The SMILES string of the molecule is CCCCCC(CN(O)C=O)C(=O)NNc1nccc(C(F)(F)F)n1. The van der Waals surface area contributed by atoms with Gasteiger partial charge in [0.1, 0.15) is 5.69 Å². The number of amides is 2. The largest absolute Gasteiger partial charge is 0.433 e. The highest BCUT2D eigenvalue weighted by molar-refractivity contribution is 5.80. The summed E-state index contributed by atoms with van der Waals surface area (Å²) in [5.41, 5.74) is 3.26. The summed E-state index contributed by atoms with van der Waals surface area (Å²) in [7, 11) is 0. The summed E-state index contributed by atoms with van der Waals surface area (Å²) in [4.78, 5) is 29.5. The van der Waals surface area contributed by atoms with Crippen LogP contribution in [0.15, 0.2) is 12.3 Å². The van der Waals surface area contributed by atoms with E-state index in [0.717, 1.165) is 19.0 Å². The second kappa shape index (κ2) is 9.77. The van der Waals surface area contributed by atoms with Gasteiger partial charge in [0.2, 0.25) is 18.3 Å². The van der Waals surface area contributed by atoms with Crippen LogP contribution in [0, 0.1) is 5.92 Å². The van der Waals surface area contributed by atoms with E-state index in [1.807, 2.05) is 6.92 Å². The van der Waals surface area contributed by atoms with Gasteiger partial charge in [-0.3, -0.25) is 25.6 Å². The fraction of sp³-hybridized carbons (Fsp3) is 0.571. The van der Waals surface area contributed by atoms with Gasteiger partial charge in [-0.1, -0.05) is 26.2 Å². The normalized spacial score (nSPS) is 12.4. The molecule has 25 heavy (non-hydrogen) atoms. The number of aromatic nitrogens is 2. The van der Waals surface area contributed by atoms with Gasteiger partial charge in [0.25, 0.3) is 0 Å². The molecule has 0 bridgehead atoms. The molecule has 1 unspecified atom stereocenters. The Bertz CT molecular complexity index is 571. The van der Waals surface area contributed by atoms with Gasteiger partial charge < -0.3 is 0 Å². The fourth-order valence-corrected chi connectivity index (χ4v) is 2.01. The molecule has 0 aliphatic rings. The number of alkyl halides is 3. The predicted molar refractivity (Wildman–Crippen MR) is 81.0 cm³/mol. The van der Waals surface area contributed by atoms with Gasteiger partial charge in [-0.15, -0.1) is 0 Å². The fourth-order valence-electron chi connectivity index (χ4n) is 2.01. The molecule has 1 atom stereocenters. The van der Waals surface area contributed by atoms with Crippen LogP contribution in [0.1, 0.15) is 38.3 Å². The predicted octanol–water partition coefficient (Wildman–Crippen LogP) is 1.98. The number of carbonyl (C=O) groups excluding carboxylic acids is 2. The molecule has 11 heteroatoms. The Morgan fingerprint density at radius 1 is 1.44 bits per heavy atom. The van der Waals surface area contributed by atoms with Crippen molar-refractivity contribution in [1.82, 2.24) is 20.5 Å². The van der Waals surface area contributed by atoms with E-state index in [1.54, 1.807) is 0 Å². The first-order chi connectivity index (χ1) is 11.8. The van der Waals surface area contributed by atoms with E-state index in [0.29, 0.717) is 24.0 Å². The number of hydrazine groups is 1. The molecule has 0 spiro atoms. The van der Waals surface area contributed by atoms with Crippen molar-refractivity contribution in [2.75, 3.05) is 12.0 Å². The molecule has 2 amide bonds. The molecule has 3 N–H and O–H groups in total. The van der Waals surface area contributed by atoms with Crippen LogP contribution in [-0.2, 0) is 15.8 Å². The molecule has 0 saturated carbocycles. The van der Waals surface area contributed by atoms with Crippen molar-refractivity contribution < 1.29 is 28.0 Å². The van der Waals surface area contributed by atoms with E-state index in [2.05, 4.69) is 20.8 Å². The number of carbonyl (C=O) groups is 2. The maximum atomic E-state index is 12.6. The molecular weight excluding hydrogens is 343 g/mol. The number of nitrogens with one attached hydrogen (secondary N) is 2. The Labute approximate surface area is 142 Å². The maximum Gasteiger partial charge on any atom is 0.433 e. The molecular formula is C14H20F3N5O3. The minimum Gasteiger partial charge on any atom is -0.286 e. The quantitative estimate of drug-likeness (QED) is 0.254. The molecule has 140 valence electrons. The summed E-state index contributed by atoms with van der Waals surface area (Å²) in [6.07, 6.45) is -0.680. The first-order valence-electron chi connectivity index (χ1n) is 7.64. The lowest BCUT2D eigenvalue weighted by atomic mass is 10.0. The first kappa shape index (κ1) is 20.6. The number of anilines is 1. The van der Waals surface area contributed by atoms with Crippen molar-refractivity contribution in [3.8, 4) is 0 Å². The van der Waals surface area contributed by atoms with E-state index < -0.39 is 29.6 Å². The lowest BCUT2D eigenvalue weighted by Crippen LogP contribution is -2.40. The van der Waals surface area contributed by atoms with Crippen LogP contribution in [0.2, 0.25) is 0 Å². The topological polar surface area (TPSA) is 107 Å². The Morgan fingerprint density at radius 2 is 2.16 bits per heavy atom. The molecule has 0 fully saturated rings. The van der Waals surface area contributed by atoms with Crippen molar-refractivity contribution in [1.29, 1.82) is 0 Å². The van der Waals surface area contributed by atoms with E-state index in [4.69, 9.17) is 0 Å². The first-order valence-corrected chi connectivity index (χ1v) is 7.64. The van der Waals surface area contributed by atoms with Crippen molar-refractivity contribution in [2.24, 2.45) is 5.92 Å². The van der Waals surface area contributed by atoms with Gasteiger partial charge in [0.05, 0.1) is 12.5 Å². The zero-order valence-corrected chi connectivity index (χ0v) is 13.6. The summed E-state index contributed by atoms with van der Waals surface area (Å²) < 4.78 is 37.7. The number of rotatable bonds is 10. The molecule has 0 radical (unpaired) electrons. The third-order valence-electron chi connectivity index (χ3n) is 3.30. The second-order valence-electron chi connectivity index (χ2n) is 5.30. The van der Waals surface area contributed by atoms with Gasteiger partial charge in [-0.2, -0.15) is 13.2 Å². The van der Waals surface area contributed by atoms with Crippen molar-refractivity contribution >= 4 is 18.3 Å². The summed E-state index contributed by atoms with van der Waals surface area (Å²) in [5.74, 6) is -1.76. The van der Waals surface area contributed by atoms with Gasteiger partial charge in [0.15, 0.2) is 0 Å².